The zero-order valence-corrected chi connectivity index (χ0v) is 16.3. The van der Waals surface area contributed by atoms with Gasteiger partial charge in [-0.05, 0) is 17.7 Å². The Morgan fingerprint density at radius 2 is 1.96 bits per heavy atom. The van der Waals surface area contributed by atoms with Crippen LogP contribution in [0.4, 0.5) is 5.69 Å². The number of nitrogens with two attached hydrogens (primary N) is 1. The van der Waals surface area contributed by atoms with Crippen molar-refractivity contribution < 1.29 is 13.2 Å². The van der Waals surface area contributed by atoms with Gasteiger partial charge in [0, 0.05) is 37.5 Å². The minimum Gasteiger partial charge on any atom is -0.493 e. The summed E-state index contributed by atoms with van der Waals surface area (Å²) < 4.78 is 34.3. The predicted octanol–water partition coefficient (Wildman–Crippen LogP) is 1.92. The van der Waals surface area contributed by atoms with Crippen molar-refractivity contribution in [3.63, 3.8) is 0 Å². The lowest BCUT2D eigenvalue weighted by Crippen LogP contribution is -2.33. The number of hydrogen-bond acceptors (Lipinski definition) is 5. The molecule has 1 aliphatic heterocycles. The first-order chi connectivity index (χ1) is 13.3. The molecule has 0 aromatic heterocycles. The second-order valence-electron chi connectivity index (χ2n) is 6.43. The van der Waals surface area contributed by atoms with E-state index in [2.05, 4.69) is 4.72 Å². The number of nitrogens with one attached hydrogen (secondary N) is 2. The van der Waals surface area contributed by atoms with Crippen LogP contribution in [0.2, 0.25) is 0 Å². The fraction of sp³-hybridized carbons (Fsp3) is 0.211. The molecule has 0 unspecified atom stereocenters. The number of rotatable bonds is 8. The highest BCUT2D eigenvalue weighted by Gasteiger charge is 2.22. The Kier molecular flexibility index (Phi) is 5.74. The molecule has 2 aromatic rings. The van der Waals surface area contributed by atoms with Crippen molar-refractivity contribution in [3.05, 3.63) is 72.1 Å². The van der Waals surface area contributed by atoms with Crippen LogP contribution >= 0.6 is 0 Å². The molecule has 0 aliphatic carbocycles. The number of anilines is 1. The average Bonchev–Trinajstić information content (AvgIpc) is 3.10. The van der Waals surface area contributed by atoms with Crippen molar-refractivity contribution in [3.8, 4) is 5.75 Å². The SMILES string of the molecule is CN1C=CN(S(=O)(=O)Nc2cccc(OCCc3ccc(C(=N)N)cc3)c2)C1. The lowest BCUT2D eigenvalue weighted by Gasteiger charge is -2.19. The first kappa shape index (κ1) is 19.6. The molecule has 0 fully saturated rings. The molecule has 4 N–H and O–H groups in total. The van der Waals surface area contributed by atoms with Crippen LogP contribution in [-0.4, -0.2) is 43.8 Å². The molecular weight excluding hydrogens is 378 g/mol. The van der Waals surface area contributed by atoms with E-state index in [1.165, 1.54) is 10.5 Å². The lowest BCUT2D eigenvalue weighted by atomic mass is 10.1. The van der Waals surface area contributed by atoms with Crippen LogP contribution in [0.1, 0.15) is 11.1 Å². The van der Waals surface area contributed by atoms with Gasteiger partial charge in [0.05, 0.1) is 12.3 Å². The van der Waals surface area contributed by atoms with E-state index in [0.29, 0.717) is 30.0 Å². The number of nitrogen functional groups attached to an aromatic ring is 1. The van der Waals surface area contributed by atoms with Crippen molar-refractivity contribution >= 4 is 21.7 Å². The Hall–Kier alpha value is -3.20. The molecule has 3 rings (SSSR count). The molecule has 0 amide bonds. The lowest BCUT2D eigenvalue weighted by molar-refractivity contribution is 0.322. The smallest absolute Gasteiger partial charge is 0.325 e. The molecule has 9 heteroatoms. The Morgan fingerprint density at radius 1 is 1.21 bits per heavy atom. The highest BCUT2D eigenvalue weighted by molar-refractivity contribution is 7.90. The highest BCUT2D eigenvalue weighted by atomic mass is 32.2. The van der Waals surface area contributed by atoms with Crippen LogP contribution in [-0.2, 0) is 16.6 Å². The molecule has 0 saturated heterocycles. The summed E-state index contributed by atoms with van der Waals surface area (Å²) in [5, 5.41) is 7.40. The van der Waals surface area contributed by atoms with E-state index in [1.807, 2.05) is 12.1 Å². The van der Waals surface area contributed by atoms with E-state index in [0.717, 1.165) is 5.56 Å². The molecule has 2 aromatic carbocycles. The predicted molar refractivity (Wildman–Crippen MR) is 109 cm³/mol. The van der Waals surface area contributed by atoms with E-state index < -0.39 is 10.2 Å². The number of benzene rings is 2. The van der Waals surface area contributed by atoms with Gasteiger partial charge < -0.3 is 15.4 Å². The van der Waals surface area contributed by atoms with Crippen molar-refractivity contribution in [2.24, 2.45) is 5.73 Å². The third-order valence-electron chi connectivity index (χ3n) is 4.16. The maximum absolute atomic E-state index is 12.4. The minimum atomic E-state index is -3.67. The topological polar surface area (TPSA) is 112 Å². The molecular formula is C19H23N5O3S. The summed E-state index contributed by atoms with van der Waals surface area (Å²) in [5.74, 6) is 0.618. The summed E-state index contributed by atoms with van der Waals surface area (Å²) in [6.07, 6.45) is 3.89. The van der Waals surface area contributed by atoms with Gasteiger partial charge in [-0.2, -0.15) is 8.42 Å². The molecule has 0 atom stereocenters. The van der Waals surface area contributed by atoms with Gasteiger partial charge in [-0.15, -0.1) is 0 Å². The van der Waals surface area contributed by atoms with Crippen molar-refractivity contribution in [2.75, 3.05) is 25.0 Å². The molecule has 0 radical (unpaired) electrons. The van der Waals surface area contributed by atoms with Gasteiger partial charge in [-0.25, -0.2) is 4.31 Å². The third kappa shape index (κ3) is 4.95. The Morgan fingerprint density at radius 3 is 2.61 bits per heavy atom. The van der Waals surface area contributed by atoms with Crippen LogP contribution < -0.4 is 15.2 Å². The first-order valence-corrected chi connectivity index (χ1v) is 10.1. The molecule has 1 heterocycles. The van der Waals surface area contributed by atoms with Crippen molar-refractivity contribution in [1.29, 1.82) is 5.41 Å². The van der Waals surface area contributed by atoms with Gasteiger partial charge in [-0.1, -0.05) is 30.3 Å². The number of nitrogens with zero attached hydrogens (tertiary/aromatic N) is 2. The summed E-state index contributed by atoms with van der Waals surface area (Å²) in [5.41, 5.74) is 7.63. The monoisotopic (exact) mass is 401 g/mol. The maximum Gasteiger partial charge on any atom is 0.325 e. The highest BCUT2D eigenvalue weighted by Crippen LogP contribution is 2.21. The zero-order valence-electron chi connectivity index (χ0n) is 15.5. The normalized spacial score (nSPS) is 13.6. The largest absolute Gasteiger partial charge is 0.493 e. The Labute approximate surface area is 164 Å². The average molecular weight is 401 g/mol. The van der Waals surface area contributed by atoms with Crippen LogP contribution in [0.3, 0.4) is 0 Å². The summed E-state index contributed by atoms with van der Waals surface area (Å²) in [4.78, 5) is 1.77. The van der Waals surface area contributed by atoms with E-state index >= 15 is 0 Å². The fourth-order valence-corrected chi connectivity index (χ4v) is 3.74. The molecule has 0 bridgehead atoms. The summed E-state index contributed by atoms with van der Waals surface area (Å²) >= 11 is 0. The van der Waals surface area contributed by atoms with Crippen LogP contribution in [0.5, 0.6) is 5.75 Å². The zero-order chi connectivity index (χ0) is 20.1. The van der Waals surface area contributed by atoms with Crippen LogP contribution in [0.25, 0.3) is 0 Å². The van der Waals surface area contributed by atoms with Gasteiger partial charge >= 0.3 is 10.2 Å². The van der Waals surface area contributed by atoms with Crippen LogP contribution in [0, 0.1) is 5.41 Å². The van der Waals surface area contributed by atoms with E-state index in [-0.39, 0.29) is 12.5 Å². The van der Waals surface area contributed by atoms with Crippen molar-refractivity contribution in [1.82, 2.24) is 9.21 Å². The summed E-state index contributed by atoms with van der Waals surface area (Å²) in [6, 6.07) is 14.3. The molecule has 8 nitrogen and oxygen atoms in total. The van der Waals surface area contributed by atoms with Gasteiger partial charge in [0.2, 0.25) is 0 Å². The second kappa shape index (κ2) is 8.22. The Balaban J connectivity index is 1.56. The van der Waals surface area contributed by atoms with E-state index in [9.17, 15) is 8.42 Å². The Bertz CT molecular complexity index is 973. The minimum absolute atomic E-state index is 0.0399. The summed E-state index contributed by atoms with van der Waals surface area (Å²) in [6.45, 7) is 0.712. The summed E-state index contributed by atoms with van der Waals surface area (Å²) in [7, 11) is -1.87. The molecule has 0 saturated carbocycles. The van der Waals surface area contributed by atoms with Gasteiger partial charge in [-0.3, -0.25) is 10.1 Å². The molecule has 1 aliphatic rings. The van der Waals surface area contributed by atoms with Crippen LogP contribution in [0.15, 0.2) is 60.9 Å². The first-order valence-electron chi connectivity index (χ1n) is 8.68. The number of amidine groups is 1. The molecule has 148 valence electrons. The number of hydrogen-bond donors (Lipinski definition) is 3. The molecule has 0 spiro atoms. The van der Waals surface area contributed by atoms with Gasteiger partial charge in [0.15, 0.2) is 0 Å². The van der Waals surface area contributed by atoms with Gasteiger partial charge in [0.25, 0.3) is 0 Å². The fourth-order valence-electron chi connectivity index (χ4n) is 2.65. The van der Waals surface area contributed by atoms with E-state index in [4.69, 9.17) is 15.9 Å². The second-order valence-corrected chi connectivity index (χ2v) is 8.05. The third-order valence-corrected chi connectivity index (χ3v) is 5.51. The van der Waals surface area contributed by atoms with E-state index in [1.54, 1.807) is 54.5 Å². The number of ether oxygens (including phenoxy) is 1. The van der Waals surface area contributed by atoms with Gasteiger partial charge in [0.1, 0.15) is 18.3 Å². The quantitative estimate of drug-likeness (QED) is 0.462. The standard InChI is InChI=1S/C19H23N5O3S/c1-23-10-11-24(14-23)28(25,26)22-17-3-2-4-18(13-17)27-12-9-15-5-7-16(8-6-15)19(20)21/h2-8,10-11,13,22H,9,12,14H2,1H3,(H3,20,21). The molecule has 28 heavy (non-hydrogen) atoms. The van der Waals surface area contributed by atoms with Crippen molar-refractivity contribution in [2.45, 2.75) is 6.42 Å². The maximum atomic E-state index is 12.4.